The second-order valence-corrected chi connectivity index (χ2v) is 5.85. The number of aliphatic hydroxyl groups is 3. The number of rotatable bonds is 5. The number of fused-ring (bicyclic) bond motifs is 1. The minimum atomic E-state index is -1.15. The van der Waals surface area contributed by atoms with Gasteiger partial charge in [0.15, 0.2) is 6.23 Å². The van der Waals surface area contributed by atoms with Gasteiger partial charge in [-0.3, -0.25) is 0 Å². The molecule has 2 aromatic heterocycles. The SMILES string of the molecule is CCCCc1cn(C2O[C@H](CO)[C@@H](O)[C@H]2O)c2ncnc(N)c12. The van der Waals surface area contributed by atoms with Gasteiger partial charge in [-0.2, -0.15) is 0 Å². The Morgan fingerprint density at radius 1 is 1.30 bits per heavy atom. The Balaban J connectivity index is 2.06. The number of hydrogen-bond acceptors (Lipinski definition) is 7. The van der Waals surface area contributed by atoms with Gasteiger partial charge < -0.3 is 30.4 Å². The van der Waals surface area contributed by atoms with E-state index in [1.807, 2.05) is 6.20 Å². The van der Waals surface area contributed by atoms with Gasteiger partial charge in [-0.15, -0.1) is 0 Å². The number of unbranched alkanes of at least 4 members (excludes halogenated alkanes) is 1. The molecule has 1 fully saturated rings. The van der Waals surface area contributed by atoms with Gasteiger partial charge in [-0.1, -0.05) is 13.3 Å². The van der Waals surface area contributed by atoms with Crippen LogP contribution in [-0.4, -0.2) is 54.8 Å². The molecule has 23 heavy (non-hydrogen) atoms. The van der Waals surface area contributed by atoms with Crippen LogP contribution in [0.4, 0.5) is 5.82 Å². The Hall–Kier alpha value is -1.74. The Bertz CT molecular complexity index is 689. The van der Waals surface area contributed by atoms with E-state index in [0.29, 0.717) is 11.5 Å². The molecule has 8 nitrogen and oxygen atoms in total. The summed E-state index contributed by atoms with van der Waals surface area (Å²) in [6, 6.07) is 0. The summed E-state index contributed by atoms with van der Waals surface area (Å²) in [6.45, 7) is 1.73. The maximum Gasteiger partial charge on any atom is 0.164 e. The number of ether oxygens (including phenoxy) is 1. The number of aliphatic hydroxyl groups excluding tert-OH is 3. The maximum atomic E-state index is 10.2. The van der Waals surface area contributed by atoms with Crippen molar-refractivity contribution >= 4 is 16.9 Å². The van der Waals surface area contributed by atoms with Crippen LogP contribution in [0.25, 0.3) is 11.0 Å². The molecular formula is C15H22N4O4. The van der Waals surface area contributed by atoms with E-state index in [4.69, 9.17) is 10.5 Å². The summed E-state index contributed by atoms with van der Waals surface area (Å²) in [5.41, 5.74) is 7.54. The lowest BCUT2D eigenvalue weighted by atomic mass is 10.1. The van der Waals surface area contributed by atoms with Crippen molar-refractivity contribution in [1.29, 1.82) is 0 Å². The first-order valence-electron chi connectivity index (χ1n) is 7.80. The van der Waals surface area contributed by atoms with Crippen molar-refractivity contribution in [2.24, 2.45) is 0 Å². The fraction of sp³-hybridized carbons (Fsp3) is 0.600. The number of aryl methyl sites for hydroxylation is 1. The molecule has 4 atom stereocenters. The molecule has 126 valence electrons. The van der Waals surface area contributed by atoms with Crippen LogP contribution in [0, 0.1) is 0 Å². The lowest BCUT2D eigenvalue weighted by Crippen LogP contribution is -2.33. The van der Waals surface area contributed by atoms with E-state index in [1.165, 1.54) is 6.33 Å². The molecular weight excluding hydrogens is 300 g/mol. The van der Waals surface area contributed by atoms with E-state index in [-0.39, 0.29) is 6.61 Å². The zero-order valence-corrected chi connectivity index (χ0v) is 13.0. The summed E-state index contributed by atoms with van der Waals surface area (Å²) >= 11 is 0. The molecule has 3 heterocycles. The Labute approximate surface area is 133 Å². The van der Waals surface area contributed by atoms with Crippen molar-refractivity contribution in [3.05, 3.63) is 18.1 Å². The Morgan fingerprint density at radius 2 is 2.09 bits per heavy atom. The Morgan fingerprint density at radius 3 is 2.74 bits per heavy atom. The summed E-state index contributed by atoms with van der Waals surface area (Å²) in [6.07, 6.45) is 2.08. The lowest BCUT2D eigenvalue weighted by Gasteiger charge is -2.17. The molecule has 1 aliphatic heterocycles. The van der Waals surface area contributed by atoms with Crippen LogP contribution in [0.15, 0.2) is 12.5 Å². The van der Waals surface area contributed by atoms with Crippen LogP contribution >= 0.6 is 0 Å². The van der Waals surface area contributed by atoms with Crippen molar-refractivity contribution in [2.75, 3.05) is 12.3 Å². The predicted octanol–water partition coefficient (Wildman–Crippen LogP) is -0.0324. The van der Waals surface area contributed by atoms with Crippen LogP contribution in [0.5, 0.6) is 0 Å². The van der Waals surface area contributed by atoms with Gasteiger partial charge in [-0.05, 0) is 18.4 Å². The average Bonchev–Trinajstić information content (AvgIpc) is 3.05. The minimum Gasteiger partial charge on any atom is -0.394 e. The molecule has 0 bridgehead atoms. The average molecular weight is 322 g/mol. The number of aromatic nitrogens is 3. The maximum absolute atomic E-state index is 10.2. The van der Waals surface area contributed by atoms with E-state index in [9.17, 15) is 15.3 Å². The molecule has 8 heteroatoms. The van der Waals surface area contributed by atoms with Crippen LogP contribution in [-0.2, 0) is 11.2 Å². The topological polar surface area (TPSA) is 127 Å². The van der Waals surface area contributed by atoms with Gasteiger partial charge in [0, 0.05) is 6.20 Å². The van der Waals surface area contributed by atoms with Crippen molar-refractivity contribution in [3.8, 4) is 0 Å². The number of nitrogen functional groups attached to an aromatic ring is 1. The summed E-state index contributed by atoms with van der Waals surface area (Å²) in [5.74, 6) is 0.381. The Kier molecular flexibility index (Phi) is 4.49. The molecule has 1 unspecified atom stereocenters. The van der Waals surface area contributed by atoms with Gasteiger partial charge >= 0.3 is 0 Å². The van der Waals surface area contributed by atoms with Crippen molar-refractivity contribution < 1.29 is 20.1 Å². The normalized spacial score (nSPS) is 27.8. The largest absolute Gasteiger partial charge is 0.394 e. The highest BCUT2D eigenvalue weighted by Crippen LogP contribution is 2.34. The highest BCUT2D eigenvalue weighted by atomic mass is 16.6. The van der Waals surface area contributed by atoms with Gasteiger partial charge in [-0.25, -0.2) is 9.97 Å². The van der Waals surface area contributed by atoms with Gasteiger partial charge in [0.05, 0.1) is 12.0 Å². The van der Waals surface area contributed by atoms with Crippen molar-refractivity contribution in [1.82, 2.24) is 14.5 Å². The molecule has 5 N–H and O–H groups in total. The molecule has 0 spiro atoms. The predicted molar refractivity (Wildman–Crippen MR) is 83.6 cm³/mol. The summed E-state index contributed by atoms with van der Waals surface area (Å²) in [7, 11) is 0. The molecule has 0 amide bonds. The number of nitrogens with two attached hydrogens (primary N) is 1. The first kappa shape index (κ1) is 16.1. The molecule has 1 aliphatic rings. The highest BCUT2D eigenvalue weighted by Gasteiger charge is 2.44. The molecule has 0 saturated carbocycles. The number of anilines is 1. The molecule has 0 radical (unpaired) electrons. The zero-order valence-electron chi connectivity index (χ0n) is 13.0. The summed E-state index contributed by atoms with van der Waals surface area (Å²) in [4.78, 5) is 8.30. The van der Waals surface area contributed by atoms with Crippen molar-refractivity contribution in [3.63, 3.8) is 0 Å². The van der Waals surface area contributed by atoms with Gasteiger partial charge in [0.2, 0.25) is 0 Å². The fourth-order valence-electron chi connectivity index (χ4n) is 3.05. The van der Waals surface area contributed by atoms with Crippen LogP contribution in [0.3, 0.4) is 0 Å². The quantitative estimate of drug-likeness (QED) is 0.608. The second-order valence-electron chi connectivity index (χ2n) is 5.85. The van der Waals surface area contributed by atoms with E-state index in [0.717, 1.165) is 30.2 Å². The summed E-state index contributed by atoms with van der Waals surface area (Å²) < 4.78 is 7.27. The third-order valence-electron chi connectivity index (χ3n) is 4.31. The van der Waals surface area contributed by atoms with E-state index in [1.54, 1.807) is 4.57 Å². The molecule has 2 aromatic rings. The van der Waals surface area contributed by atoms with Gasteiger partial charge in [0.1, 0.15) is 36.1 Å². The minimum absolute atomic E-state index is 0.367. The van der Waals surface area contributed by atoms with E-state index < -0.39 is 24.5 Å². The van der Waals surface area contributed by atoms with E-state index in [2.05, 4.69) is 16.9 Å². The summed E-state index contributed by atoms with van der Waals surface area (Å²) in [5, 5.41) is 30.2. The first-order valence-corrected chi connectivity index (χ1v) is 7.80. The molecule has 3 rings (SSSR count). The van der Waals surface area contributed by atoms with E-state index >= 15 is 0 Å². The fourth-order valence-corrected chi connectivity index (χ4v) is 3.05. The smallest absolute Gasteiger partial charge is 0.164 e. The standard InChI is InChI=1S/C15H22N4O4/c1-2-3-4-8-5-19(14-10(8)13(16)17-7-18-14)15-12(22)11(21)9(6-20)23-15/h5,7,9,11-12,15,20-22H,2-4,6H2,1H3,(H2,16,17,18)/t9-,11-,12-,15?/m1/s1. The molecule has 0 aromatic carbocycles. The second kappa shape index (κ2) is 6.40. The third kappa shape index (κ3) is 2.67. The highest BCUT2D eigenvalue weighted by molar-refractivity contribution is 5.89. The zero-order chi connectivity index (χ0) is 16.6. The van der Waals surface area contributed by atoms with Crippen molar-refractivity contribution in [2.45, 2.75) is 50.7 Å². The van der Waals surface area contributed by atoms with Gasteiger partial charge in [0.25, 0.3) is 0 Å². The molecule has 1 saturated heterocycles. The third-order valence-corrected chi connectivity index (χ3v) is 4.31. The van der Waals surface area contributed by atoms with Crippen LogP contribution in [0.2, 0.25) is 0 Å². The van der Waals surface area contributed by atoms with Crippen LogP contribution < -0.4 is 5.73 Å². The first-order chi connectivity index (χ1) is 11.1. The lowest BCUT2D eigenvalue weighted by molar-refractivity contribution is -0.0509. The van der Waals surface area contributed by atoms with Crippen LogP contribution in [0.1, 0.15) is 31.6 Å². The number of nitrogens with zero attached hydrogens (tertiary/aromatic N) is 3. The monoisotopic (exact) mass is 322 g/mol. The molecule has 0 aliphatic carbocycles. The number of hydrogen-bond donors (Lipinski definition) is 4.